The Bertz CT molecular complexity index is 1090. The van der Waals surface area contributed by atoms with Crippen molar-refractivity contribution in [3.05, 3.63) is 95.5 Å². The zero-order chi connectivity index (χ0) is 21.7. The summed E-state index contributed by atoms with van der Waals surface area (Å²) in [6.45, 7) is 3.70. The maximum absolute atomic E-state index is 12.8. The SMILES string of the molecule is O=S(=O)(NCC(c1ccccc1)N1CCN(c2cccc(Cl)c2)CC1)c1ccccc1. The summed E-state index contributed by atoms with van der Waals surface area (Å²) in [4.78, 5) is 4.95. The molecule has 31 heavy (non-hydrogen) atoms. The zero-order valence-corrected chi connectivity index (χ0v) is 18.8. The largest absolute Gasteiger partial charge is 0.369 e. The Morgan fingerprint density at radius 3 is 2.13 bits per heavy atom. The van der Waals surface area contributed by atoms with Crippen molar-refractivity contribution in [1.82, 2.24) is 9.62 Å². The summed E-state index contributed by atoms with van der Waals surface area (Å²) in [5.41, 5.74) is 2.22. The van der Waals surface area contributed by atoms with Gasteiger partial charge in [0, 0.05) is 49.5 Å². The number of benzene rings is 3. The molecule has 1 N–H and O–H groups in total. The average molecular weight is 456 g/mol. The fourth-order valence-corrected chi connectivity index (χ4v) is 5.21. The lowest BCUT2D eigenvalue weighted by molar-refractivity contribution is 0.187. The number of anilines is 1. The molecule has 0 saturated carbocycles. The molecule has 1 aliphatic rings. The Kier molecular flexibility index (Phi) is 6.92. The van der Waals surface area contributed by atoms with Crippen molar-refractivity contribution in [1.29, 1.82) is 0 Å². The Balaban J connectivity index is 1.48. The fraction of sp³-hybridized carbons (Fsp3) is 0.250. The van der Waals surface area contributed by atoms with Crippen molar-refractivity contribution >= 4 is 27.3 Å². The van der Waals surface area contributed by atoms with E-state index < -0.39 is 10.0 Å². The molecule has 0 bridgehead atoms. The van der Waals surface area contributed by atoms with E-state index in [4.69, 9.17) is 11.6 Å². The predicted molar refractivity (Wildman–Crippen MR) is 126 cm³/mol. The van der Waals surface area contributed by atoms with E-state index in [1.165, 1.54) is 0 Å². The fourth-order valence-electron chi connectivity index (χ4n) is 3.97. The van der Waals surface area contributed by atoms with Crippen molar-refractivity contribution in [2.75, 3.05) is 37.6 Å². The van der Waals surface area contributed by atoms with Crippen molar-refractivity contribution in [3.63, 3.8) is 0 Å². The highest BCUT2D eigenvalue weighted by Crippen LogP contribution is 2.26. The maximum atomic E-state index is 12.8. The summed E-state index contributed by atoms with van der Waals surface area (Å²) in [5.74, 6) is 0. The molecule has 1 atom stereocenters. The topological polar surface area (TPSA) is 52.7 Å². The number of rotatable bonds is 7. The quantitative estimate of drug-likeness (QED) is 0.580. The Hall–Kier alpha value is -2.38. The van der Waals surface area contributed by atoms with Gasteiger partial charge in [0.15, 0.2) is 0 Å². The molecule has 3 aromatic carbocycles. The Labute approximate surface area is 189 Å². The second-order valence-electron chi connectivity index (χ2n) is 7.59. The van der Waals surface area contributed by atoms with Crippen LogP contribution in [0.5, 0.6) is 0 Å². The van der Waals surface area contributed by atoms with Crippen molar-refractivity contribution < 1.29 is 8.42 Å². The number of halogens is 1. The van der Waals surface area contributed by atoms with Crippen LogP contribution in [0.2, 0.25) is 5.02 Å². The van der Waals surface area contributed by atoms with E-state index in [9.17, 15) is 8.42 Å². The van der Waals surface area contributed by atoms with Crippen molar-refractivity contribution in [2.24, 2.45) is 0 Å². The van der Waals surface area contributed by atoms with Gasteiger partial charge in [0.1, 0.15) is 0 Å². The van der Waals surface area contributed by atoms with Gasteiger partial charge < -0.3 is 4.90 Å². The zero-order valence-electron chi connectivity index (χ0n) is 17.2. The van der Waals surface area contributed by atoms with Crippen LogP contribution in [0, 0.1) is 0 Å². The lowest BCUT2D eigenvalue weighted by Crippen LogP contribution is -2.49. The highest BCUT2D eigenvalue weighted by Gasteiger charge is 2.27. The summed E-state index contributed by atoms with van der Waals surface area (Å²) in [7, 11) is -3.56. The molecule has 5 nitrogen and oxygen atoms in total. The lowest BCUT2D eigenvalue weighted by Gasteiger charge is -2.40. The monoisotopic (exact) mass is 455 g/mol. The van der Waals surface area contributed by atoms with E-state index in [1.54, 1.807) is 24.3 Å². The van der Waals surface area contributed by atoms with E-state index in [-0.39, 0.29) is 10.9 Å². The highest BCUT2D eigenvalue weighted by molar-refractivity contribution is 7.89. The molecule has 0 aromatic heterocycles. The molecule has 1 fully saturated rings. The van der Waals surface area contributed by atoms with Crippen LogP contribution in [-0.4, -0.2) is 46.0 Å². The Morgan fingerprint density at radius 2 is 1.48 bits per heavy atom. The summed E-state index contributed by atoms with van der Waals surface area (Å²) >= 11 is 6.16. The predicted octanol–water partition coefficient (Wildman–Crippen LogP) is 4.18. The van der Waals surface area contributed by atoms with Crippen LogP contribution < -0.4 is 9.62 Å². The Morgan fingerprint density at radius 1 is 0.839 bits per heavy atom. The van der Waals surface area contributed by atoms with Gasteiger partial charge in [-0.15, -0.1) is 0 Å². The summed E-state index contributed by atoms with van der Waals surface area (Å²) in [6.07, 6.45) is 0. The summed E-state index contributed by atoms with van der Waals surface area (Å²) < 4.78 is 28.4. The minimum absolute atomic E-state index is 0.0406. The number of nitrogens with zero attached hydrogens (tertiary/aromatic N) is 2. The summed E-state index contributed by atoms with van der Waals surface area (Å²) in [6, 6.07) is 26.5. The van der Waals surface area contributed by atoms with Crippen LogP contribution in [0.1, 0.15) is 11.6 Å². The first-order valence-electron chi connectivity index (χ1n) is 10.4. The molecule has 1 saturated heterocycles. The van der Waals surface area contributed by atoms with Gasteiger partial charge in [-0.3, -0.25) is 4.90 Å². The average Bonchev–Trinajstić information content (AvgIpc) is 2.81. The molecule has 7 heteroatoms. The van der Waals surface area contributed by atoms with Crippen LogP contribution in [0.3, 0.4) is 0 Å². The van der Waals surface area contributed by atoms with E-state index in [0.717, 1.165) is 42.5 Å². The molecule has 0 aliphatic carbocycles. The molecule has 0 amide bonds. The third-order valence-electron chi connectivity index (χ3n) is 5.63. The highest BCUT2D eigenvalue weighted by atomic mass is 35.5. The number of hydrogen-bond donors (Lipinski definition) is 1. The first-order valence-corrected chi connectivity index (χ1v) is 12.2. The second-order valence-corrected chi connectivity index (χ2v) is 9.80. The molecule has 0 spiro atoms. The summed E-state index contributed by atoms with van der Waals surface area (Å²) in [5, 5.41) is 0.734. The van der Waals surface area contributed by atoms with Gasteiger partial charge in [0.05, 0.1) is 4.90 Å². The first-order chi connectivity index (χ1) is 15.0. The number of nitrogens with one attached hydrogen (secondary N) is 1. The lowest BCUT2D eigenvalue weighted by atomic mass is 10.0. The third kappa shape index (κ3) is 5.46. The molecular weight excluding hydrogens is 430 g/mol. The van der Waals surface area contributed by atoms with E-state index >= 15 is 0 Å². The number of hydrogen-bond acceptors (Lipinski definition) is 4. The van der Waals surface area contributed by atoms with Gasteiger partial charge in [0.25, 0.3) is 0 Å². The van der Waals surface area contributed by atoms with Crippen LogP contribution in [0.15, 0.2) is 89.8 Å². The molecule has 162 valence electrons. The van der Waals surface area contributed by atoms with Crippen LogP contribution in [0.25, 0.3) is 0 Å². The first kappa shape index (κ1) is 21.8. The van der Waals surface area contributed by atoms with Gasteiger partial charge in [-0.25, -0.2) is 13.1 Å². The van der Waals surface area contributed by atoms with Gasteiger partial charge in [-0.05, 0) is 35.9 Å². The molecule has 1 aliphatic heterocycles. The van der Waals surface area contributed by atoms with Gasteiger partial charge >= 0.3 is 0 Å². The molecule has 1 unspecified atom stereocenters. The van der Waals surface area contributed by atoms with Crippen LogP contribution in [-0.2, 0) is 10.0 Å². The minimum atomic E-state index is -3.56. The van der Waals surface area contributed by atoms with Crippen LogP contribution in [0.4, 0.5) is 5.69 Å². The van der Waals surface area contributed by atoms with Crippen LogP contribution >= 0.6 is 11.6 Å². The van der Waals surface area contributed by atoms with Gasteiger partial charge in [-0.2, -0.15) is 0 Å². The molecular formula is C24H26ClN3O2S. The molecule has 3 aromatic rings. The number of sulfonamides is 1. The standard InChI is InChI=1S/C24H26ClN3O2S/c25-21-10-7-11-22(18-21)27-14-16-28(17-15-27)24(20-8-3-1-4-9-20)19-26-31(29,30)23-12-5-2-6-13-23/h1-13,18,24,26H,14-17,19H2. The normalized spacial score (nSPS) is 16.2. The van der Waals surface area contributed by atoms with Gasteiger partial charge in [-0.1, -0.05) is 66.2 Å². The smallest absolute Gasteiger partial charge is 0.240 e. The molecule has 4 rings (SSSR count). The van der Waals surface area contributed by atoms with E-state index in [1.807, 2.05) is 42.5 Å². The minimum Gasteiger partial charge on any atom is -0.369 e. The van der Waals surface area contributed by atoms with Gasteiger partial charge in [0.2, 0.25) is 10.0 Å². The third-order valence-corrected chi connectivity index (χ3v) is 7.31. The van der Waals surface area contributed by atoms with Crippen molar-refractivity contribution in [2.45, 2.75) is 10.9 Å². The maximum Gasteiger partial charge on any atom is 0.240 e. The van der Waals surface area contributed by atoms with Crippen molar-refractivity contribution in [3.8, 4) is 0 Å². The van der Waals surface area contributed by atoms with E-state index in [0.29, 0.717) is 6.54 Å². The molecule has 1 heterocycles. The molecule has 0 radical (unpaired) electrons. The van der Waals surface area contributed by atoms with E-state index in [2.05, 4.69) is 32.7 Å². The second kappa shape index (κ2) is 9.83. The number of piperazine rings is 1.